The normalized spacial score (nSPS) is 22.3. The molecule has 1 saturated carbocycles. The summed E-state index contributed by atoms with van der Waals surface area (Å²) in [5.74, 6) is -0.0110. The summed E-state index contributed by atoms with van der Waals surface area (Å²) in [5.41, 5.74) is -0.267. The molecule has 1 N–H and O–H groups in total. The predicted molar refractivity (Wildman–Crippen MR) is 120 cm³/mol. The highest BCUT2D eigenvalue weighted by Crippen LogP contribution is 2.35. The van der Waals surface area contributed by atoms with Gasteiger partial charge in [0.15, 0.2) is 0 Å². The minimum Gasteiger partial charge on any atom is -0.342 e. The smallest absolute Gasteiger partial charge is 0.326 e. The minimum absolute atomic E-state index is 0.0259. The lowest BCUT2D eigenvalue weighted by atomic mass is 9.82. The summed E-state index contributed by atoms with van der Waals surface area (Å²) in [6.07, 6.45) is 6.19. The first-order valence-electron chi connectivity index (χ1n) is 11.4. The van der Waals surface area contributed by atoms with Gasteiger partial charge in [0, 0.05) is 13.1 Å². The molecule has 1 saturated heterocycles. The molecule has 1 aliphatic carbocycles. The van der Waals surface area contributed by atoms with Crippen molar-refractivity contribution in [3.63, 3.8) is 0 Å². The van der Waals surface area contributed by atoms with E-state index in [2.05, 4.69) is 5.32 Å². The maximum atomic E-state index is 13.5. The molecule has 1 aliphatic heterocycles. The van der Waals surface area contributed by atoms with Crippen molar-refractivity contribution in [1.29, 1.82) is 0 Å². The van der Waals surface area contributed by atoms with Gasteiger partial charge in [-0.2, -0.15) is 0 Å². The number of carbonyl (C=O) groups excluding carboxylic acids is 3. The summed E-state index contributed by atoms with van der Waals surface area (Å²) in [6.45, 7) is 4.34. The molecule has 0 unspecified atom stereocenters. The maximum Gasteiger partial charge on any atom is 0.326 e. The van der Waals surface area contributed by atoms with Crippen LogP contribution in [0.5, 0.6) is 0 Å². The number of nitrogens with one attached hydrogen (secondary N) is 1. The van der Waals surface area contributed by atoms with Crippen molar-refractivity contribution in [3.05, 3.63) is 35.9 Å². The van der Waals surface area contributed by atoms with Gasteiger partial charge >= 0.3 is 6.03 Å². The Balaban J connectivity index is 1.69. The van der Waals surface area contributed by atoms with Crippen molar-refractivity contribution in [1.82, 2.24) is 20.0 Å². The number of rotatable bonds is 8. The quantitative estimate of drug-likeness (QED) is 0.646. The van der Waals surface area contributed by atoms with Crippen molar-refractivity contribution in [2.45, 2.75) is 64.0 Å². The summed E-state index contributed by atoms with van der Waals surface area (Å²) >= 11 is 0. The average molecular weight is 429 g/mol. The summed E-state index contributed by atoms with van der Waals surface area (Å²) in [4.78, 5) is 43.9. The zero-order valence-corrected chi connectivity index (χ0v) is 19.3. The van der Waals surface area contributed by atoms with E-state index in [1.165, 1.54) is 11.3 Å². The van der Waals surface area contributed by atoms with Crippen LogP contribution in [0.4, 0.5) is 4.79 Å². The van der Waals surface area contributed by atoms with Crippen LogP contribution in [0.25, 0.3) is 0 Å². The van der Waals surface area contributed by atoms with Crippen molar-refractivity contribution in [2.24, 2.45) is 5.92 Å². The van der Waals surface area contributed by atoms with E-state index in [1.54, 1.807) is 11.9 Å². The molecule has 0 bridgehead atoms. The Labute approximate surface area is 185 Å². The Morgan fingerprint density at radius 1 is 1.13 bits per heavy atom. The second-order valence-corrected chi connectivity index (χ2v) is 9.48. The third-order valence-corrected chi connectivity index (χ3v) is 6.46. The number of carbonyl (C=O) groups is 3. The highest BCUT2D eigenvalue weighted by atomic mass is 16.2. The predicted octanol–water partition coefficient (Wildman–Crippen LogP) is 3.16. The van der Waals surface area contributed by atoms with Crippen LogP contribution in [0, 0.1) is 5.92 Å². The topological polar surface area (TPSA) is 73.0 Å². The summed E-state index contributed by atoms with van der Waals surface area (Å²) in [5, 5.41) is 2.96. The largest absolute Gasteiger partial charge is 0.342 e. The van der Waals surface area contributed by atoms with Gasteiger partial charge in [0.1, 0.15) is 5.54 Å². The van der Waals surface area contributed by atoms with E-state index in [4.69, 9.17) is 0 Å². The lowest BCUT2D eigenvalue weighted by Crippen LogP contribution is -2.48. The van der Waals surface area contributed by atoms with Gasteiger partial charge in [-0.05, 0) is 37.8 Å². The Kier molecular flexibility index (Phi) is 7.36. The highest BCUT2D eigenvalue weighted by Gasteiger charge is 2.52. The molecule has 1 atom stereocenters. The van der Waals surface area contributed by atoms with Crippen molar-refractivity contribution < 1.29 is 14.4 Å². The monoisotopic (exact) mass is 428 g/mol. The number of imide groups is 1. The van der Waals surface area contributed by atoms with E-state index in [-0.39, 0.29) is 30.9 Å². The number of urea groups is 1. The molecule has 2 fully saturated rings. The number of hydrogen-bond acceptors (Lipinski definition) is 4. The first-order valence-corrected chi connectivity index (χ1v) is 11.4. The molecule has 3 rings (SSSR count). The molecule has 1 aromatic rings. The van der Waals surface area contributed by atoms with Gasteiger partial charge in [-0.3, -0.25) is 14.5 Å². The molecule has 170 valence electrons. The van der Waals surface area contributed by atoms with Crippen LogP contribution in [-0.4, -0.2) is 65.9 Å². The second-order valence-electron chi connectivity index (χ2n) is 9.48. The van der Waals surface area contributed by atoms with Crippen molar-refractivity contribution in [2.75, 3.05) is 27.3 Å². The van der Waals surface area contributed by atoms with Crippen LogP contribution in [0.2, 0.25) is 0 Å². The van der Waals surface area contributed by atoms with Crippen LogP contribution >= 0.6 is 0 Å². The molecule has 1 aromatic carbocycles. The molecule has 7 nitrogen and oxygen atoms in total. The molecule has 0 spiro atoms. The van der Waals surface area contributed by atoms with Gasteiger partial charge in [0.05, 0.1) is 13.2 Å². The number of amides is 4. The molecule has 1 heterocycles. The van der Waals surface area contributed by atoms with E-state index in [1.807, 2.05) is 56.1 Å². The fourth-order valence-corrected chi connectivity index (χ4v) is 4.85. The van der Waals surface area contributed by atoms with E-state index in [0.717, 1.165) is 31.2 Å². The van der Waals surface area contributed by atoms with Crippen LogP contribution < -0.4 is 5.32 Å². The Bertz CT molecular complexity index is 791. The Hall–Kier alpha value is -2.41. The number of hydrogen-bond donors (Lipinski definition) is 1. The first-order chi connectivity index (χ1) is 14.7. The Morgan fingerprint density at radius 3 is 2.39 bits per heavy atom. The third kappa shape index (κ3) is 5.09. The highest BCUT2D eigenvalue weighted by molar-refractivity contribution is 6.07. The molecular weight excluding hydrogens is 392 g/mol. The van der Waals surface area contributed by atoms with E-state index in [0.29, 0.717) is 12.5 Å². The molecule has 31 heavy (non-hydrogen) atoms. The lowest BCUT2D eigenvalue weighted by Gasteiger charge is -2.33. The van der Waals surface area contributed by atoms with Crippen LogP contribution in [0.3, 0.4) is 0 Å². The van der Waals surface area contributed by atoms with Crippen molar-refractivity contribution >= 4 is 17.8 Å². The van der Waals surface area contributed by atoms with Gasteiger partial charge in [0.2, 0.25) is 5.91 Å². The minimum atomic E-state index is -1.06. The van der Waals surface area contributed by atoms with Crippen molar-refractivity contribution in [3.8, 4) is 0 Å². The van der Waals surface area contributed by atoms with E-state index in [9.17, 15) is 14.4 Å². The van der Waals surface area contributed by atoms with Crippen LogP contribution in [-0.2, 0) is 15.1 Å². The van der Waals surface area contributed by atoms with Gasteiger partial charge in [-0.1, -0.05) is 63.4 Å². The first kappa shape index (κ1) is 23.3. The average Bonchev–Trinajstić information content (AvgIpc) is 2.98. The molecule has 4 amide bonds. The summed E-state index contributed by atoms with van der Waals surface area (Å²) < 4.78 is 0. The zero-order chi connectivity index (χ0) is 22.6. The molecule has 0 radical (unpaired) electrons. The fourth-order valence-electron chi connectivity index (χ4n) is 4.85. The zero-order valence-electron chi connectivity index (χ0n) is 19.3. The molecule has 2 aliphatic rings. The molecular formula is C24H36N4O3. The lowest BCUT2D eigenvalue weighted by molar-refractivity contribution is -0.137. The standard InChI is InChI=1S/C24H36N4O3/c1-18(2)15-24(19-11-7-5-8-12-19)22(30)28(23(31)25-24)17-26(3)16-21(29)27(4)20-13-9-6-10-14-20/h5,7-8,11-12,18,20H,6,9-10,13-17H2,1-4H3,(H,25,31)/t24-/m0/s1. The third-order valence-electron chi connectivity index (χ3n) is 6.46. The van der Waals surface area contributed by atoms with Gasteiger partial charge < -0.3 is 10.2 Å². The van der Waals surface area contributed by atoms with E-state index < -0.39 is 11.6 Å². The number of likely N-dealkylation sites (N-methyl/N-ethyl adjacent to an activating group) is 2. The summed E-state index contributed by atoms with van der Waals surface area (Å²) in [6, 6.07) is 9.31. The maximum absolute atomic E-state index is 13.5. The second kappa shape index (κ2) is 9.81. The van der Waals surface area contributed by atoms with Gasteiger partial charge in [-0.25, -0.2) is 9.69 Å². The Morgan fingerprint density at radius 2 is 1.77 bits per heavy atom. The SMILES string of the molecule is CC(C)C[C@@]1(c2ccccc2)NC(=O)N(CN(C)CC(=O)N(C)C2CCCCC2)C1=O. The number of benzene rings is 1. The van der Waals surface area contributed by atoms with Crippen LogP contribution in [0.1, 0.15) is 57.9 Å². The van der Waals surface area contributed by atoms with Crippen LogP contribution in [0.15, 0.2) is 30.3 Å². The number of nitrogens with zero attached hydrogens (tertiary/aromatic N) is 3. The molecule has 7 heteroatoms. The van der Waals surface area contributed by atoms with Gasteiger partial charge in [-0.15, -0.1) is 0 Å². The van der Waals surface area contributed by atoms with Gasteiger partial charge in [0.25, 0.3) is 5.91 Å². The summed E-state index contributed by atoms with van der Waals surface area (Å²) in [7, 11) is 3.64. The molecule has 0 aromatic heterocycles. The fraction of sp³-hybridized carbons (Fsp3) is 0.625. The van der Waals surface area contributed by atoms with E-state index >= 15 is 0 Å².